The molecule has 0 aliphatic rings. The second-order valence-electron chi connectivity index (χ2n) is 13.4. The number of benzene rings is 8. The van der Waals surface area contributed by atoms with Crippen LogP contribution in [0.2, 0.25) is 0 Å². The zero-order valence-corrected chi connectivity index (χ0v) is 28.8. The van der Waals surface area contributed by atoms with Crippen LogP contribution in [-0.4, -0.2) is 4.57 Å². The maximum absolute atomic E-state index is 6.38. The molecule has 0 N–H and O–H groups in total. The van der Waals surface area contributed by atoms with Crippen molar-refractivity contribution in [2.24, 2.45) is 0 Å². The van der Waals surface area contributed by atoms with Crippen LogP contribution in [0, 0.1) is 0 Å². The van der Waals surface area contributed by atoms with Gasteiger partial charge in [-0.05, 0) is 90.0 Å². The number of aromatic nitrogens is 1. The van der Waals surface area contributed by atoms with Crippen molar-refractivity contribution < 1.29 is 4.42 Å². The number of fused-ring (bicyclic) bond motifs is 9. The summed E-state index contributed by atoms with van der Waals surface area (Å²) in [6.07, 6.45) is 0. The van der Waals surface area contributed by atoms with Crippen LogP contribution in [0.1, 0.15) is 0 Å². The van der Waals surface area contributed by atoms with E-state index in [0.29, 0.717) is 0 Å². The first-order valence-corrected chi connectivity index (χ1v) is 18.4. The highest BCUT2D eigenvalue weighted by atomic mass is 32.1. The fraction of sp³-hybridized carbons (Fsp3) is 0. The Labute approximate surface area is 303 Å². The second-order valence-corrected chi connectivity index (χ2v) is 14.4. The Morgan fingerprint density at radius 3 is 1.88 bits per heavy atom. The van der Waals surface area contributed by atoms with Crippen LogP contribution in [0.15, 0.2) is 186 Å². The lowest BCUT2D eigenvalue weighted by atomic mass is 10.0. The number of hydrogen-bond donors (Lipinski definition) is 0. The van der Waals surface area contributed by atoms with Crippen molar-refractivity contribution in [1.29, 1.82) is 0 Å². The first kappa shape index (κ1) is 29.1. The first-order chi connectivity index (χ1) is 25.8. The van der Waals surface area contributed by atoms with Gasteiger partial charge in [-0.2, -0.15) is 0 Å². The van der Waals surface area contributed by atoms with Crippen molar-refractivity contribution >= 4 is 92.3 Å². The van der Waals surface area contributed by atoms with Crippen LogP contribution in [0.25, 0.3) is 80.7 Å². The first-order valence-electron chi connectivity index (χ1n) is 17.6. The molecule has 8 aromatic carbocycles. The molecule has 0 radical (unpaired) electrons. The maximum atomic E-state index is 6.38. The van der Waals surface area contributed by atoms with Gasteiger partial charge < -0.3 is 13.9 Å². The van der Waals surface area contributed by atoms with E-state index in [9.17, 15) is 0 Å². The SMILES string of the molecule is c1ccc(-n2c3ccccc3c3ccc(-c4ccc(N(c5ccc6c(c5)oc5ccccc56)c5ccc6sc7ccccc7c6c5)cc4)cc32)cc1. The summed E-state index contributed by atoms with van der Waals surface area (Å²) >= 11 is 1.84. The van der Waals surface area contributed by atoms with E-state index in [2.05, 4.69) is 179 Å². The predicted molar refractivity (Wildman–Crippen MR) is 221 cm³/mol. The molecule has 0 unspecified atom stereocenters. The lowest BCUT2D eigenvalue weighted by molar-refractivity contribution is 0.669. The molecule has 0 saturated carbocycles. The summed E-state index contributed by atoms with van der Waals surface area (Å²) in [5.74, 6) is 0. The van der Waals surface area contributed by atoms with Crippen LogP contribution in [0.5, 0.6) is 0 Å². The summed E-state index contributed by atoms with van der Waals surface area (Å²) in [5, 5.41) is 7.33. The average Bonchev–Trinajstić information content (AvgIpc) is 3.87. The number of hydrogen-bond acceptors (Lipinski definition) is 3. The van der Waals surface area contributed by atoms with Gasteiger partial charge in [-0.3, -0.25) is 0 Å². The number of para-hydroxylation sites is 3. The molecule has 0 spiro atoms. The molecule has 4 heteroatoms. The normalized spacial score (nSPS) is 11.8. The highest BCUT2D eigenvalue weighted by molar-refractivity contribution is 7.25. The van der Waals surface area contributed by atoms with Crippen LogP contribution >= 0.6 is 11.3 Å². The van der Waals surface area contributed by atoms with Gasteiger partial charge in [-0.25, -0.2) is 0 Å². The Bertz CT molecular complexity index is 3130. The van der Waals surface area contributed by atoms with Gasteiger partial charge in [-0.15, -0.1) is 11.3 Å². The Kier molecular flexibility index (Phi) is 6.42. The lowest BCUT2D eigenvalue weighted by Gasteiger charge is -2.26. The van der Waals surface area contributed by atoms with Gasteiger partial charge in [-0.1, -0.05) is 97.1 Å². The third kappa shape index (κ3) is 4.51. The van der Waals surface area contributed by atoms with Gasteiger partial charge in [0.05, 0.1) is 11.0 Å². The number of furan rings is 1. The lowest BCUT2D eigenvalue weighted by Crippen LogP contribution is -2.09. The van der Waals surface area contributed by atoms with E-state index in [1.165, 1.54) is 53.1 Å². The highest BCUT2D eigenvalue weighted by Gasteiger charge is 2.18. The average molecular weight is 683 g/mol. The van der Waals surface area contributed by atoms with Crippen molar-refractivity contribution in [3.05, 3.63) is 182 Å². The summed E-state index contributed by atoms with van der Waals surface area (Å²) in [6, 6.07) is 65.5. The zero-order valence-electron chi connectivity index (χ0n) is 28.0. The molecule has 11 rings (SSSR count). The number of rotatable bonds is 5. The standard InChI is InChI=1S/C48H30N2OS/c1-2-10-33(11-3-1)50-43-15-7-4-12-37(43)38-25-20-32(28-44(38)50)31-18-21-34(22-19-31)49(35-24-27-48-42(29-35)41-14-6-9-17-47(41)52-48)36-23-26-40-39-13-5-8-16-45(39)51-46(40)30-36/h1-30H. The molecule has 3 heterocycles. The zero-order chi connectivity index (χ0) is 34.2. The van der Waals surface area contributed by atoms with E-state index < -0.39 is 0 Å². The summed E-state index contributed by atoms with van der Waals surface area (Å²) in [6.45, 7) is 0. The molecule has 0 aliphatic heterocycles. The van der Waals surface area contributed by atoms with E-state index >= 15 is 0 Å². The van der Waals surface area contributed by atoms with E-state index in [1.54, 1.807) is 0 Å². The molecule has 3 nitrogen and oxygen atoms in total. The number of anilines is 3. The molecule has 0 saturated heterocycles. The van der Waals surface area contributed by atoms with Crippen LogP contribution in [0.3, 0.4) is 0 Å². The monoisotopic (exact) mass is 682 g/mol. The Morgan fingerprint density at radius 2 is 1.00 bits per heavy atom. The Morgan fingerprint density at radius 1 is 0.385 bits per heavy atom. The Balaban J connectivity index is 1.06. The molecule has 0 amide bonds. The molecule has 0 aliphatic carbocycles. The van der Waals surface area contributed by atoms with Crippen LogP contribution in [-0.2, 0) is 0 Å². The molecular weight excluding hydrogens is 653 g/mol. The Hall–Kier alpha value is -6.62. The van der Waals surface area contributed by atoms with Crippen molar-refractivity contribution in [2.45, 2.75) is 0 Å². The number of nitrogens with zero attached hydrogens (tertiary/aromatic N) is 2. The minimum Gasteiger partial charge on any atom is -0.456 e. The molecule has 52 heavy (non-hydrogen) atoms. The van der Waals surface area contributed by atoms with Crippen molar-refractivity contribution in [2.75, 3.05) is 4.90 Å². The molecule has 3 aromatic heterocycles. The predicted octanol–water partition coefficient (Wildman–Crippen LogP) is 14.2. The van der Waals surface area contributed by atoms with Crippen LogP contribution in [0.4, 0.5) is 17.1 Å². The molecular formula is C48H30N2OS. The molecule has 11 aromatic rings. The molecule has 0 atom stereocenters. The largest absolute Gasteiger partial charge is 0.456 e. The maximum Gasteiger partial charge on any atom is 0.137 e. The second kappa shape index (κ2) is 11.5. The van der Waals surface area contributed by atoms with E-state index in [-0.39, 0.29) is 0 Å². The third-order valence-electron chi connectivity index (χ3n) is 10.4. The minimum absolute atomic E-state index is 0.879. The van der Waals surface area contributed by atoms with Crippen molar-refractivity contribution in [1.82, 2.24) is 4.57 Å². The fourth-order valence-electron chi connectivity index (χ4n) is 7.96. The van der Waals surface area contributed by atoms with Gasteiger partial charge in [0.15, 0.2) is 0 Å². The van der Waals surface area contributed by atoms with Gasteiger partial charge in [0.25, 0.3) is 0 Å². The van der Waals surface area contributed by atoms with Gasteiger partial charge in [0, 0.05) is 70.5 Å². The summed E-state index contributed by atoms with van der Waals surface area (Å²) in [4.78, 5) is 2.35. The van der Waals surface area contributed by atoms with Gasteiger partial charge >= 0.3 is 0 Å². The molecule has 244 valence electrons. The number of thiophene rings is 1. The minimum atomic E-state index is 0.879. The summed E-state index contributed by atoms with van der Waals surface area (Å²) < 4.78 is 11.3. The van der Waals surface area contributed by atoms with Crippen LogP contribution < -0.4 is 4.90 Å². The summed E-state index contributed by atoms with van der Waals surface area (Å²) in [5.41, 5.74) is 10.9. The van der Waals surface area contributed by atoms with E-state index in [0.717, 1.165) is 44.7 Å². The summed E-state index contributed by atoms with van der Waals surface area (Å²) in [7, 11) is 0. The smallest absolute Gasteiger partial charge is 0.137 e. The highest BCUT2D eigenvalue weighted by Crippen LogP contribution is 2.43. The fourth-order valence-corrected chi connectivity index (χ4v) is 9.05. The van der Waals surface area contributed by atoms with Crippen molar-refractivity contribution in [3.8, 4) is 16.8 Å². The molecule has 0 bridgehead atoms. The van der Waals surface area contributed by atoms with Gasteiger partial charge in [0.2, 0.25) is 0 Å². The quantitative estimate of drug-likeness (QED) is 0.180. The van der Waals surface area contributed by atoms with Gasteiger partial charge in [0.1, 0.15) is 11.2 Å². The van der Waals surface area contributed by atoms with E-state index in [1.807, 2.05) is 23.5 Å². The third-order valence-corrected chi connectivity index (χ3v) is 11.5. The molecule has 0 fully saturated rings. The van der Waals surface area contributed by atoms with E-state index in [4.69, 9.17) is 4.42 Å². The van der Waals surface area contributed by atoms with Crippen molar-refractivity contribution in [3.63, 3.8) is 0 Å². The topological polar surface area (TPSA) is 21.3 Å².